The van der Waals surface area contributed by atoms with Gasteiger partial charge in [0.1, 0.15) is 5.69 Å². The number of hydrazone groups is 1. The number of nitro groups is 1. The highest BCUT2D eigenvalue weighted by molar-refractivity contribution is 5.67. The Bertz CT molecular complexity index is 554. The van der Waals surface area contributed by atoms with Gasteiger partial charge in [-0.3, -0.25) is 15.5 Å². The zero-order chi connectivity index (χ0) is 15.5. The highest BCUT2D eigenvalue weighted by Gasteiger charge is 2.33. The first-order valence-corrected chi connectivity index (χ1v) is 6.10. The van der Waals surface area contributed by atoms with E-state index in [0.29, 0.717) is 19.3 Å². The van der Waals surface area contributed by atoms with Gasteiger partial charge in [0.2, 0.25) is 0 Å². The molecule has 0 bridgehead atoms. The fraction of sp³-hybridized carbons (Fsp3) is 0.417. The molecule has 114 valence electrons. The standard InChI is InChI=1S/C12H12F3N3O3/c13-12(14,15)9-1-2-10(11(5-9)18(19)20)17-16-6-8-3-4-21-7-8/h1-2,5-6,8,17H,3-4,7H2/b16-6+. The zero-order valence-corrected chi connectivity index (χ0v) is 10.8. The van der Waals surface area contributed by atoms with Crippen LogP contribution in [0, 0.1) is 16.0 Å². The van der Waals surface area contributed by atoms with Crippen LogP contribution in [-0.4, -0.2) is 24.4 Å². The minimum Gasteiger partial charge on any atom is -0.381 e. The summed E-state index contributed by atoms with van der Waals surface area (Å²) >= 11 is 0. The molecule has 1 atom stereocenters. The van der Waals surface area contributed by atoms with Crippen LogP contribution in [0.1, 0.15) is 12.0 Å². The van der Waals surface area contributed by atoms with Gasteiger partial charge in [-0.1, -0.05) is 0 Å². The van der Waals surface area contributed by atoms with Gasteiger partial charge in [-0.05, 0) is 18.6 Å². The van der Waals surface area contributed by atoms with Crippen LogP contribution in [0.3, 0.4) is 0 Å². The van der Waals surface area contributed by atoms with Crippen molar-refractivity contribution >= 4 is 17.6 Å². The lowest BCUT2D eigenvalue weighted by Gasteiger charge is -2.08. The molecule has 0 spiro atoms. The Hall–Kier alpha value is -2.16. The number of nitrogens with zero attached hydrogens (tertiary/aromatic N) is 2. The monoisotopic (exact) mass is 303 g/mol. The van der Waals surface area contributed by atoms with E-state index < -0.39 is 22.4 Å². The maximum absolute atomic E-state index is 12.5. The maximum atomic E-state index is 12.5. The third-order valence-electron chi connectivity index (χ3n) is 2.96. The molecule has 1 aliphatic heterocycles. The van der Waals surface area contributed by atoms with Gasteiger partial charge in [0.15, 0.2) is 0 Å². The van der Waals surface area contributed by atoms with E-state index >= 15 is 0 Å². The molecule has 0 radical (unpaired) electrons. The molecule has 21 heavy (non-hydrogen) atoms. The SMILES string of the molecule is O=[N+]([O-])c1cc(C(F)(F)F)ccc1N/N=C/C1CCOC1. The molecule has 1 aromatic rings. The predicted molar refractivity (Wildman–Crippen MR) is 69.1 cm³/mol. The molecule has 1 N–H and O–H groups in total. The van der Waals surface area contributed by atoms with Crippen LogP contribution in [0.15, 0.2) is 23.3 Å². The van der Waals surface area contributed by atoms with Crippen molar-refractivity contribution in [2.45, 2.75) is 12.6 Å². The number of hydrogen-bond acceptors (Lipinski definition) is 5. The molecule has 1 unspecified atom stereocenters. The average Bonchev–Trinajstić information content (AvgIpc) is 2.90. The van der Waals surface area contributed by atoms with E-state index in [1.807, 2.05) is 0 Å². The van der Waals surface area contributed by atoms with Gasteiger partial charge in [0.05, 0.1) is 17.1 Å². The van der Waals surface area contributed by atoms with E-state index in [1.54, 1.807) is 0 Å². The molecule has 1 fully saturated rings. The summed E-state index contributed by atoms with van der Waals surface area (Å²) in [6.07, 6.45) is -2.30. The number of ether oxygens (including phenoxy) is 1. The smallest absolute Gasteiger partial charge is 0.381 e. The van der Waals surface area contributed by atoms with E-state index in [0.717, 1.165) is 18.6 Å². The Morgan fingerprint density at radius 1 is 1.48 bits per heavy atom. The first-order chi connectivity index (χ1) is 9.88. The van der Waals surface area contributed by atoms with Gasteiger partial charge in [0.25, 0.3) is 5.69 Å². The van der Waals surface area contributed by atoms with E-state index in [1.165, 1.54) is 6.21 Å². The molecule has 0 aromatic heterocycles. The molecule has 0 saturated carbocycles. The van der Waals surface area contributed by atoms with Crippen molar-refractivity contribution in [3.63, 3.8) is 0 Å². The van der Waals surface area contributed by atoms with Crippen LogP contribution in [0.4, 0.5) is 24.5 Å². The van der Waals surface area contributed by atoms with Crippen molar-refractivity contribution < 1.29 is 22.8 Å². The van der Waals surface area contributed by atoms with E-state index in [4.69, 9.17) is 4.74 Å². The predicted octanol–water partition coefficient (Wildman–Crippen LogP) is 3.05. The molecule has 2 rings (SSSR count). The fourth-order valence-corrected chi connectivity index (χ4v) is 1.84. The Labute approximate surface area is 117 Å². The number of nitro benzene ring substituents is 1. The van der Waals surface area contributed by atoms with Crippen molar-refractivity contribution in [2.75, 3.05) is 18.6 Å². The summed E-state index contributed by atoms with van der Waals surface area (Å²) in [7, 11) is 0. The molecule has 1 heterocycles. The van der Waals surface area contributed by atoms with Crippen molar-refractivity contribution in [1.82, 2.24) is 0 Å². The molecule has 0 amide bonds. The third-order valence-corrected chi connectivity index (χ3v) is 2.96. The van der Waals surface area contributed by atoms with Gasteiger partial charge in [-0.15, -0.1) is 0 Å². The lowest BCUT2D eigenvalue weighted by atomic mass is 10.1. The Balaban J connectivity index is 2.16. The van der Waals surface area contributed by atoms with Crippen LogP contribution in [0.2, 0.25) is 0 Å². The lowest BCUT2D eigenvalue weighted by Crippen LogP contribution is -2.07. The summed E-state index contributed by atoms with van der Waals surface area (Å²) in [5, 5.41) is 14.7. The second kappa shape index (κ2) is 6.08. The van der Waals surface area contributed by atoms with Crippen LogP contribution >= 0.6 is 0 Å². The minimum atomic E-state index is -4.63. The largest absolute Gasteiger partial charge is 0.416 e. The van der Waals surface area contributed by atoms with Gasteiger partial charge in [0, 0.05) is 24.8 Å². The van der Waals surface area contributed by atoms with Gasteiger partial charge in [-0.25, -0.2) is 0 Å². The highest BCUT2D eigenvalue weighted by atomic mass is 19.4. The highest BCUT2D eigenvalue weighted by Crippen LogP contribution is 2.34. The van der Waals surface area contributed by atoms with Crippen LogP contribution < -0.4 is 5.43 Å². The Morgan fingerprint density at radius 3 is 2.81 bits per heavy atom. The molecule has 6 nitrogen and oxygen atoms in total. The van der Waals surface area contributed by atoms with Crippen molar-refractivity contribution in [3.05, 3.63) is 33.9 Å². The number of benzene rings is 1. The van der Waals surface area contributed by atoms with E-state index in [-0.39, 0.29) is 11.6 Å². The second-order valence-electron chi connectivity index (χ2n) is 4.50. The summed E-state index contributed by atoms with van der Waals surface area (Å²) in [6, 6.07) is 2.24. The summed E-state index contributed by atoms with van der Waals surface area (Å²) in [6.45, 7) is 1.14. The molecule has 0 aliphatic carbocycles. The quantitative estimate of drug-likeness (QED) is 0.527. The summed E-state index contributed by atoms with van der Waals surface area (Å²) in [4.78, 5) is 9.96. The number of halogens is 3. The van der Waals surface area contributed by atoms with Crippen molar-refractivity contribution in [2.24, 2.45) is 11.0 Å². The summed E-state index contributed by atoms with van der Waals surface area (Å²) in [5.41, 5.74) is 0.558. The van der Waals surface area contributed by atoms with Crippen LogP contribution in [0.25, 0.3) is 0 Å². The zero-order valence-electron chi connectivity index (χ0n) is 10.8. The normalized spacial score (nSPS) is 19.1. The summed E-state index contributed by atoms with van der Waals surface area (Å²) in [5.74, 6) is 0.103. The Morgan fingerprint density at radius 2 is 2.24 bits per heavy atom. The number of alkyl halides is 3. The summed E-state index contributed by atoms with van der Waals surface area (Å²) < 4.78 is 42.7. The maximum Gasteiger partial charge on any atom is 0.416 e. The Kier molecular flexibility index (Phi) is 4.41. The number of anilines is 1. The molecule has 1 saturated heterocycles. The van der Waals surface area contributed by atoms with Gasteiger partial charge < -0.3 is 4.74 Å². The van der Waals surface area contributed by atoms with Crippen molar-refractivity contribution in [1.29, 1.82) is 0 Å². The van der Waals surface area contributed by atoms with Crippen LogP contribution in [-0.2, 0) is 10.9 Å². The number of hydrogen-bond donors (Lipinski definition) is 1. The first-order valence-electron chi connectivity index (χ1n) is 6.10. The molecule has 1 aliphatic rings. The molecular weight excluding hydrogens is 291 g/mol. The molecule has 1 aromatic carbocycles. The lowest BCUT2D eigenvalue weighted by molar-refractivity contribution is -0.384. The number of nitrogens with one attached hydrogen (secondary N) is 1. The number of rotatable bonds is 4. The minimum absolute atomic E-state index is 0.0943. The van der Waals surface area contributed by atoms with E-state index in [9.17, 15) is 23.3 Å². The molecular formula is C12H12F3N3O3. The average molecular weight is 303 g/mol. The molecule has 9 heteroatoms. The van der Waals surface area contributed by atoms with Gasteiger partial charge >= 0.3 is 6.18 Å². The van der Waals surface area contributed by atoms with Crippen LogP contribution in [0.5, 0.6) is 0 Å². The third kappa shape index (κ3) is 3.91. The van der Waals surface area contributed by atoms with Crippen molar-refractivity contribution in [3.8, 4) is 0 Å². The van der Waals surface area contributed by atoms with E-state index in [2.05, 4.69) is 10.5 Å². The first kappa shape index (κ1) is 15.2. The topological polar surface area (TPSA) is 76.8 Å². The van der Waals surface area contributed by atoms with Gasteiger partial charge in [-0.2, -0.15) is 18.3 Å². The fourth-order valence-electron chi connectivity index (χ4n) is 1.84. The second-order valence-corrected chi connectivity index (χ2v) is 4.50.